The molecule has 0 atom stereocenters. The van der Waals surface area contributed by atoms with Crippen LogP contribution in [0.15, 0.2) is 29.2 Å². The fourth-order valence-electron chi connectivity index (χ4n) is 2.83. The van der Waals surface area contributed by atoms with Crippen LogP contribution in [0.4, 0.5) is 4.39 Å². The Bertz CT molecular complexity index is 688. The van der Waals surface area contributed by atoms with Crippen molar-refractivity contribution < 1.29 is 4.39 Å². The van der Waals surface area contributed by atoms with E-state index in [4.69, 9.17) is 0 Å². The Hall–Kier alpha value is -1.90. The number of benzene rings is 1. The molecule has 19 heavy (non-hydrogen) atoms. The minimum Gasteiger partial charge on any atom is -0.318 e. The Labute approximate surface area is 111 Å². The molecular weight excluding hydrogens is 241 g/mol. The Balaban J connectivity index is 2.31. The fraction of sp³-hybridized carbons (Fsp3) is 0.312. The van der Waals surface area contributed by atoms with Crippen molar-refractivity contribution in [2.75, 3.05) is 0 Å². The second-order valence-electron chi connectivity index (χ2n) is 5.03. The molecule has 0 saturated heterocycles. The predicted molar refractivity (Wildman–Crippen MR) is 72.6 cm³/mol. The third kappa shape index (κ3) is 1.99. The quantitative estimate of drug-likeness (QED) is 0.769. The highest BCUT2D eigenvalue weighted by Gasteiger charge is 2.20. The molecule has 2 aromatic rings. The van der Waals surface area contributed by atoms with Crippen molar-refractivity contribution >= 4 is 0 Å². The van der Waals surface area contributed by atoms with Crippen LogP contribution in [0.3, 0.4) is 0 Å². The molecule has 0 bridgehead atoms. The van der Waals surface area contributed by atoms with Crippen LogP contribution in [-0.4, -0.2) is 4.57 Å². The average molecular weight is 256 g/mol. The average Bonchev–Trinajstić information content (AvgIpc) is 2.44. The first kappa shape index (κ1) is 12.2. The maximum absolute atomic E-state index is 14.0. The summed E-state index contributed by atoms with van der Waals surface area (Å²) in [5.41, 5.74) is 3.31. The molecule has 3 rings (SSSR count). The lowest BCUT2D eigenvalue weighted by Crippen LogP contribution is -2.25. The van der Waals surface area contributed by atoms with Crippen LogP contribution in [-0.2, 0) is 19.9 Å². The molecule has 1 aromatic carbocycles. The lowest BCUT2D eigenvalue weighted by molar-refractivity contribution is 0.628. The third-order valence-electron chi connectivity index (χ3n) is 3.80. The predicted octanol–water partition coefficient (Wildman–Crippen LogP) is 2.87. The minimum atomic E-state index is -0.259. The summed E-state index contributed by atoms with van der Waals surface area (Å²) in [7, 11) is 1.73. The van der Waals surface area contributed by atoms with Crippen LogP contribution in [0.1, 0.15) is 24.0 Å². The number of aryl methyl sites for hydroxylation is 1. The molecule has 0 aliphatic heterocycles. The number of hydrogen-bond acceptors (Lipinski definition) is 1. The molecular formula is C16H15FNO. The molecule has 0 fully saturated rings. The number of halogens is 1. The lowest BCUT2D eigenvalue weighted by Gasteiger charge is -2.20. The standard InChI is InChI=1S/C16H15FNO/c1-18-10-14(12-7-4-5-9-15(12)17)11-6-2-3-8-13(11)16(18)19/h5,7,9-10H,2-3,6,8H2,1H3. The molecule has 3 heteroatoms. The largest absolute Gasteiger partial charge is 0.318 e. The molecule has 0 saturated carbocycles. The maximum Gasteiger partial charge on any atom is 0.253 e. The minimum absolute atomic E-state index is 0.0544. The Kier molecular flexibility index (Phi) is 2.97. The van der Waals surface area contributed by atoms with Crippen LogP contribution in [0.5, 0.6) is 0 Å². The summed E-state index contributed by atoms with van der Waals surface area (Å²) >= 11 is 0. The van der Waals surface area contributed by atoms with Crippen molar-refractivity contribution in [3.05, 3.63) is 57.8 Å². The molecule has 1 aliphatic rings. The normalized spacial score (nSPS) is 14.2. The van der Waals surface area contributed by atoms with Crippen LogP contribution in [0, 0.1) is 11.9 Å². The third-order valence-corrected chi connectivity index (χ3v) is 3.80. The first-order valence-electron chi connectivity index (χ1n) is 6.56. The summed E-state index contributed by atoms with van der Waals surface area (Å²) < 4.78 is 15.5. The highest BCUT2D eigenvalue weighted by Crippen LogP contribution is 2.30. The van der Waals surface area contributed by atoms with Gasteiger partial charge in [0.15, 0.2) is 0 Å². The van der Waals surface area contributed by atoms with E-state index in [1.165, 1.54) is 6.07 Å². The summed E-state index contributed by atoms with van der Waals surface area (Å²) in [6.45, 7) is 0. The lowest BCUT2D eigenvalue weighted by atomic mass is 9.87. The zero-order chi connectivity index (χ0) is 13.4. The molecule has 0 spiro atoms. The molecule has 1 radical (unpaired) electrons. The van der Waals surface area contributed by atoms with Gasteiger partial charge in [0.2, 0.25) is 0 Å². The van der Waals surface area contributed by atoms with Gasteiger partial charge in [-0.25, -0.2) is 4.39 Å². The number of rotatable bonds is 1. The highest BCUT2D eigenvalue weighted by atomic mass is 19.1. The molecule has 1 aromatic heterocycles. The van der Waals surface area contributed by atoms with Gasteiger partial charge in [0.05, 0.1) is 0 Å². The van der Waals surface area contributed by atoms with Crippen LogP contribution >= 0.6 is 0 Å². The number of nitrogens with zero attached hydrogens (tertiary/aromatic N) is 1. The van der Waals surface area contributed by atoms with Gasteiger partial charge < -0.3 is 4.57 Å². The molecule has 1 heterocycles. The Morgan fingerprint density at radius 1 is 1.21 bits per heavy atom. The maximum atomic E-state index is 14.0. The van der Waals surface area contributed by atoms with Crippen molar-refractivity contribution in [2.24, 2.45) is 7.05 Å². The smallest absolute Gasteiger partial charge is 0.253 e. The second kappa shape index (κ2) is 4.65. The first-order valence-corrected chi connectivity index (χ1v) is 6.56. The number of pyridine rings is 1. The number of fused-ring (bicyclic) bond motifs is 1. The van der Waals surface area contributed by atoms with Gasteiger partial charge in [-0.1, -0.05) is 6.07 Å². The Morgan fingerprint density at radius 2 is 1.95 bits per heavy atom. The monoisotopic (exact) mass is 256 g/mol. The van der Waals surface area contributed by atoms with Gasteiger partial charge >= 0.3 is 0 Å². The van der Waals surface area contributed by atoms with E-state index in [0.717, 1.165) is 42.4 Å². The van der Waals surface area contributed by atoms with Gasteiger partial charge in [-0.15, -0.1) is 0 Å². The highest BCUT2D eigenvalue weighted by molar-refractivity contribution is 5.68. The van der Waals surface area contributed by atoms with E-state index < -0.39 is 0 Å². The second-order valence-corrected chi connectivity index (χ2v) is 5.03. The molecule has 0 N–H and O–H groups in total. The number of hydrogen-bond donors (Lipinski definition) is 0. The van der Waals surface area contributed by atoms with Crippen LogP contribution in [0.25, 0.3) is 11.1 Å². The summed E-state index contributed by atoms with van der Waals surface area (Å²) in [4.78, 5) is 12.1. The van der Waals surface area contributed by atoms with Crippen LogP contribution < -0.4 is 5.56 Å². The van der Waals surface area contributed by atoms with E-state index in [9.17, 15) is 9.18 Å². The first-order chi connectivity index (χ1) is 9.18. The van der Waals surface area contributed by atoms with Gasteiger partial charge in [-0.3, -0.25) is 4.79 Å². The van der Waals surface area contributed by atoms with Gasteiger partial charge in [-0.05, 0) is 49.4 Å². The van der Waals surface area contributed by atoms with Crippen molar-refractivity contribution in [2.45, 2.75) is 25.7 Å². The fourth-order valence-corrected chi connectivity index (χ4v) is 2.83. The van der Waals surface area contributed by atoms with E-state index in [-0.39, 0.29) is 11.4 Å². The molecule has 0 amide bonds. The summed E-state index contributed by atoms with van der Waals surface area (Å²) in [6, 6.07) is 7.55. The molecule has 97 valence electrons. The number of aromatic nitrogens is 1. The van der Waals surface area contributed by atoms with Gasteiger partial charge in [0, 0.05) is 29.9 Å². The molecule has 2 nitrogen and oxygen atoms in total. The van der Waals surface area contributed by atoms with E-state index in [0.29, 0.717) is 5.56 Å². The summed E-state index contributed by atoms with van der Waals surface area (Å²) in [6.07, 6.45) is 5.50. The topological polar surface area (TPSA) is 22.0 Å². The van der Waals surface area contributed by atoms with E-state index in [1.807, 2.05) is 0 Å². The van der Waals surface area contributed by atoms with Crippen LogP contribution in [0.2, 0.25) is 0 Å². The van der Waals surface area contributed by atoms with Gasteiger partial charge in [0.25, 0.3) is 5.56 Å². The Morgan fingerprint density at radius 3 is 2.68 bits per heavy atom. The zero-order valence-electron chi connectivity index (χ0n) is 10.9. The SMILES string of the molecule is Cn1cc(-c2c[c]ccc2F)c2c(c1=O)CCCC2. The van der Waals surface area contributed by atoms with Crippen molar-refractivity contribution in [3.63, 3.8) is 0 Å². The van der Waals surface area contributed by atoms with Gasteiger partial charge in [0.1, 0.15) is 5.82 Å². The van der Waals surface area contributed by atoms with E-state index in [2.05, 4.69) is 6.07 Å². The molecule has 0 unspecified atom stereocenters. The van der Waals surface area contributed by atoms with E-state index in [1.54, 1.807) is 29.9 Å². The van der Waals surface area contributed by atoms with Crippen molar-refractivity contribution in [1.29, 1.82) is 0 Å². The summed E-state index contributed by atoms with van der Waals surface area (Å²) in [5.74, 6) is -0.259. The van der Waals surface area contributed by atoms with Crippen molar-refractivity contribution in [3.8, 4) is 11.1 Å². The molecule has 1 aliphatic carbocycles. The summed E-state index contributed by atoms with van der Waals surface area (Å²) in [5, 5.41) is 0. The zero-order valence-corrected chi connectivity index (χ0v) is 10.9. The van der Waals surface area contributed by atoms with Gasteiger partial charge in [-0.2, -0.15) is 0 Å². The van der Waals surface area contributed by atoms with E-state index >= 15 is 0 Å². The van der Waals surface area contributed by atoms with Crippen molar-refractivity contribution in [1.82, 2.24) is 4.57 Å².